The highest BCUT2D eigenvalue weighted by Gasteiger charge is 2.25. The molecular formula is C14H14ClNOS. The standard InChI is InChI=1S/C14H14ClNOS/c1-9(13-6-7-14(15)18-13)16-11-8-17-12-5-3-2-4-10(11)12/h2-7,9,11,16H,8H2,1H3. The molecule has 1 aliphatic heterocycles. The first-order chi connectivity index (χ1) is 8.74. The van der Waals surface area contributed by atoms with E-state index in [0.717, 1.165) is 10.1 Å². The fourth-order valence-corrected chi connectivity index (χ4v) is 3.32. The van der Waals surface area contributed by atoms with Crippen LogP contribution in [-0.4, -0.2) is 6.61 Å². The van der Waals surface area contributed by atoms with Crippen molar-refractivity contribution in [1.82, 2.24) is 5.32 Å². The lowest BCUT2D eigenvalue weighted by molar-refractivity contribution is 0.301. The Hall–Kier alpha value is -1.03. The highest BCUT2D eigenvalue weighted by atomic mass is 35.5. The van der Waals surface area contributed by atoms with Gasteiger partial charge in [0.05, 0.1) is 10.4 Å². The van der Waals surface area contributed by atoms with Crippen molar-refractivity contribution >= 4 is 22.9 Å². The maximum Gasteiger partial charge on any atom is 0.124 e. The minimum absolute atomic E-state index is 0.261. The number of nitrogens with one attached hydrogen (secondary N) is 1. The number of hydrogen-bond acceptors (Lipinski definition) is 3. The first-order valence-electron chi connectivity index (χ1n) is 5.97. The Morgan fingerprint density at radius 1 is 1.33 bits per heavy atom. The summed E-state index contributed by atoms with van der Waals surface area (Å²) in [5.41, 5.74) is 1.24. The molecule has 2 atom stereocenters. The molecule has 2 aromatic rings. The molecule has 2 heterocycles. The van der Waals surface area contributed by atoms with Crippen molar-refractivity contribution in [2.45, 2.75) is 19.0 Å². The average Bonchev–Trinajstić information content (AvgIpc) is 2.97. The van der Waals surface area contributed by atoms with Crippen molar-refractivity contribution in [3.8, 4) is 5.75 Å². The molecule has 0 saturated heterocycles. The van der Waals surface area contributed by atoms with E-state index in [1.54, 1.807) is 11.3 Å². The van der Waals surface area contributed by atoms with Crippen LogP contribution in [-0.2, 0) is 0 Å². The Morgan fingerprint density at radius 3 is 2.94 bits per heavy atom. The minimum atomic E-state index is 0.261. The summed E-state index contributed by atoms with van der Waals surface area (Å²) in [5.74, 6) is 0.992. The molecule has 0 bridgehead atoms. The average molecular weight is 280 g/mol. The Kier molecular flexibility index (Phi) is 3.29. The molecule has 1 aliphatic rings. The van der Waals surface area contributed by atoms with Crippen LogP contribution in [0.25, 0.3) is 0 Å². The summed E-state index contributed by atoms with van der Waals surface area (Å²) in [6.45, 7) is 2.85. The van der Waals surface area contributed by atoms with Crippen LogP contribution in [0.2, 0.25) is 4.34 Å². The van der Waals surface area contributed by atoms with Gasteiger partial charge in [-0.05, 0) is 25.1 Å². The summed E-state index contributed by atoms with van der Waals surface area (Å²) in [5, 5.41) is 3.59. The van der Waals surface area contributed by atoms with E-state index in [2.05, 4.69) is 30.4 Å². The van der Waals surface area contributed by atoms with Crippen molar-refractivity contribution in [3.05, 3.63) is 51.2 Å². The van der Waals surface area contributed by atoms with Gasteiger partial charge in [0.25, 0.3) is 0 Å². The Bertz CT molecular complexity index is 554. The third-order valence-corrected chi connectivity index (χ3v) is 4.59. The van der Waals surface area contributed by atoms with Gasteiger partial charge in [0.2, 0.25) is 0 Å². The smallest absolute Gasteiger partial charge is 0.124 e. The first-order valence-corrected chi connectivity index (χ1v) is 7.16. The number of halogens is 1. The number of thiophene rings is 1. The summed E-state index contributed by atoms with van der Waals surface area (Å²) in [4.78, 5) is 1.25. The van der Waals surface area contributed by atoms with Gasteiger partial charge in [-0.25, -0.2) is 0 Å². The quantitative estimate of drug-likeness (QED) is 0.910. The van der Waals surface area contributed by atoms with Crippen molar-refractivity contribution in [3.63, 3.8) is 0 Å². The number of para-hydroxylation sites is 1. The highest BCUT2D eigenvalue weighted by molar-refractivity contribution is 7.16. The zero-order valence-electron chi connectivity index (χ0n) is 10.0. The third-order valence-electron chi connectivity index (χ3n) is 3.17. The van der Waals surface area contributed by atoms with E-state index in [0.29, 0.717) is 6.61 Å². The topological polar surface area (TPSA) is 21.3 Å². The molecular weight excluding hydrogens is 266 g/mol. The Balaban J connectivity index is 1.75. The molecule has 0 saturated carbocycles. The maximum atomic E-state index is 5.97. The summed E-state index contributed by atoms with van der Waals surface area (Å²) in [6.07, 6.45) is 0. The lowest BCUT2D eigenvalue weighted by Crippen LogP contribution is -2.25. The second-order valence-corrected chi connectivity index (χ2v) is 6.18. The highest BCUT2D eigenvalue weighted by Crippen LogP contribution is 2.34. The van der Waals surface area contributed by atoms with Crippen molar-refractivity contribution in [1.29, 1.82) is 0 Å². The zero-order chi connectivity index (χ0) is 12.5. The van der Waals surface area contributed by atoms with Crippen molar-refractivity contribution < 1.29 is 4.74 Å². The van der Waals surface area contributed by atoms with Crippen LogP contribution >= 0.6 is 22.9 Å². The van der Waals surface area contributed by atoms with Gasteiger partial charge in [-0.15, -0.1) is 11.3 Å². The van der Waals surface area contributed by atoms with Gasteiger partial charge >= 0.3 is 0 Å². The number of fused-ring (bicyclic) bond motifs is 1. The molecule has 0 aliphatic carbocycles. The summed E-state index contributed by atoms with van der Waals surface area (Å²) in [7, 11) is 0. The fourth-order valence-electron chi connectivity index (χ4n) is 2.25. The van der Waals surface area contributed by atoms with Gasteiger partial charge in [-0.1, -0.05) is 29.8 Å². The monoisotopic (exact) mass is 279 g/mol. The van der Waals surface area contributed by atoms with Gasteiger partial charge in [-0.2, -0.15) is 0 Å². The Labute approximate surface area is 116 Å². The number of rotatable bonds is 3. The van der Waals surface area contributed by atoms with Gasteiger partial charge in [0.1, 0.15) is 12.4 Å². The van der Waals surface area contributed by atoms with Crippen LogP contribution in [0.5, 0.6) is 5.75 Å². The molecule has 3 rings (SSSR count). The van der Waals surface area contributed by atoms with Crippen LogP contribution in [0.4, 0.5) is 0 Å². The van der Waals surface area contributed by atoms with Gasteiger partial charge in [-0.3, -0.25) is 5.32 Å². The van der Waals surface area contributed by atoms with Gasteiger partial charge < -0.3 is 4.74 Å². The zero-order valence-corrected chi connectivity index (χ0v) is 11.6. The van der Waals surface area contributed by atoms with Crippen LogP contribution in [0, 0.1) is 0 Å². The molecule has 2 nitrogen and oxygen atoms in total. The molecule has 0 spiro atoms. The van der Waals surface area contributed by atoms with E-state index >= 15 is 0 Å². The molecule has 1 N–H and O–H groups in total. The molecule has 0 radical (unpaired) electrons. The summed E-state index contributed by atoms with van der Waals surface area (Å²) < 4.78 is 6.50. The number of ether oxygens (including phenoxy) is 1. The number of benzene rings is 1. The second kappa shape index (κ2) is 4.92. The number of hydrogen-bond donors (Lipinski definition) is 1. The van der Waals surface area contributed by atoms with Crippen LogP contribution in [0.3, 0.4) is 0 Å². The molecule has 2 unspecified atom stereocenters. The van der Waals surface area contributed by atoms with E-state index in [9.17, 15) is 0 Å². The van der Waals surface area contributed by atoms with Crippen LogP contribution in [0.1, 0.15) is 29.4 Å². The molecule has 4 heteroatoms. The van der Waals surface area contributed by atoms with E-state index < -0.39 is 0 Å². The third kappa shape index (κ3) is 2.26. The summed E-state index contributed by atoms with van der Waals surface area (Å²) in [6, 6.07) is 12.8. The van der Waals surface area contributed by atoms with Crippen LogP contribution < -0.4 is 10.1 Å². The molecule has 1 aromatic heterocycles. The predicted molar refractivity (Wildman–Crippen MR) is 75.6 cm³/mol. The predicted octanol–water partition coefficient (Wildman–Crippen LogP) is 4.19. The van der Waals surface area contributed by atoms with E-state index in [4.69, 9.17) is 16.3 Å². The largest absolute Gasteiger partial charge is 0.491 e. The first kappa shape index (κ1) is 12.0. The van der Waals surface area contributed by atoms with Gasteiger partial charge in [0.15, 0.2) is 0 Å². The lowest BCUT2D eigenvalue weighted by atomic mass is 10.1. The van der Waals surface area contributed by atoms with Crippen molar-refractivity contribution in [2.75, 3.05) is 6.61 Å². The van der Waals surface area contributed by atoms with E-state index in [1.165, 1.54) is 10.4 Å². The normalized spacial score (nSPS) is 19.3. The second-order valence-electron chi connectivity index (χ2n) is 4.43. The van der Waals surface area contributed by atoms with Crippen LogP contribution in [0.15, 0.2) is 36.4 Å². The maximum absolute atomic E-state index is 5.97. The fraction of sp³-hybridized carbons (Fsp3) is 0.286. The minimum Gasteiger partial charge on any atom is -0.491 e. The summed E-state index contributed by atoms with van der Waals surface area (Å²) >= 11 is 7.59. The van der Waals surface area contributed by atoms with E-state index in [-0.39, 0.29) is 12.1 Å². The molecule has 0 fully saturated rings. The van der Waals surface area contributed by atoms with E-state index in [1.807, 2.05) is 18.2 Å². The molecule has 0 amide bonds. The Morgan fingerprint density at radius 2 is 2.17 bits per heavy atom. The lowest BCUT2D eigenvalue weighted by Gasteiger charge is -2.17. The molecule has 1 aromatic carbocycles. The van der Waals surface area contributed by atoms with Crippen molar-refractivity contribution in [2.24, 2.45) is 0 Å². The molecule has 18 heavy (non-hydrogen) atoms. The van der Waals surface area contributed by atoms with Gasteiger partial charge in [0, 0.05) is 16.5 Å². The SMILES string of the molecule is CC(NC1COc2ccccc21)c1ccc(Cl)s1. The molecule has 94 valence electrons.